The summed E-state index contributed by atoms with van der Waals surface area (Å²) in [6.07, 6.45) is 0.396. The van der Waals surface area contributed by atoms with Crippen LogP contribution in [0, 0.1) is 0 Å². The van der Waals surface area contributed by atoms with Crippen LogP contribution < -0.4 is 10.1 Å². The first-order valence-electron chi connectivity index (χ1n) is 7.33. The third-order valence-corrected chi connectivity index (χ3v) is 3.68. The summed E-state index contributed by atoms with van der Waals surface area (Å²) in [6.45, 7) is 1.79. The predicted molar refractivity (Wildman–Crippen MR) is 88.3 cm³/mol. The number of aryl methyl sites for hydroxylation is 1. The molecule has 3 rings (SSSR count). The molecule has 0 aliphatic heterocycles. The van der Waals surface area contributed by atoms with Gasteiger partial charge in [0, 0.05) is 6.07 Å². The quantitative estimate of drug-likeness (QED) is 0.658. The minimum Gasteiger partial charge on any atom is -0.507 e. The largest absolute Gasteiger partial charge is 0.507 e. The summed E-state index contributed by atoms with van der Waals surface area (Å²) < 4.78 is 10.9. The molecule has 0 unspecified atom stereocenters. The fraction of sp³-hybridized carbons (Fsp3) is 0.176. The van der Waals surface area contributed by atoms with E-state index in [2.05, 4.69) is 10.3 Å². The Morgan fingerprint density at radius 1 is 1.38 bits per heavy atom. The van der Waals surface area contributed by atoms with Crippen molar-refractivity contribution < 1.29 is 24.2 Å². The van der Waals surface area contributed by atoms with E-state index >= 15 is 0 Å². The molecule has 0 fully saturated rings. The number of rotatable bonds is 5. The maximum atomic E-state index is 11.4. The van der Waals surface area contributed by atoms with Crippen molar-refractivity contribution in [3.8, 4) is 11.5 Å². The molecule has 24 heavy (non-hydrogen) atoms. The molecule has 7 nitrogen and oxygen atoms in total. The fourth-order valence-electron chi connectivity index (χ4n) is 2.61. The van der Waals surface area contributed by atoms with Crippen molar-refractivity contribution in [2.45, 2.75) is 13.3 Å². The molecule has 0 radical (unpaired) electrons. The number of hydrogen-bond acceptors (Lipinski definition) is 6. The Morgan fingerprint density at radius 3 is 2.79 bits per heavy atom. The zero-order chi connectivity index (χ0) is 17.3. The lowest BCUT2D eigenvalue weighted by Crippen LogP contribution is -2.03. The molecule has 0 aliphatic carbocycles. The molecule has 124 valence electrons. The van der Waals surface area contributed by atoms with Crippen molar-refractivity contribution in [1.29, 1.82) is 0 Å². The van der Waals surface area contributed by atoms with Crippen LogP contribution in [-0.4, -0.2) is 28.3 Å². The highest BCUT2D eigenvalue weighted by atomic mass is 16.5. The standard InChI is InChI=1S/C17H16N2O5/c1-3-9-14(16(21)22)11(20)8-13-15(9)19-17(24-13)18-10-6-4-5-7-12(10)23-2/h4-8,20H,3H2,1-2H3,(H,18,19)(H,21,22). The van der Waals surface area contributed by atoms with Crippen LogP contribution in [0.15, 0.2) is 34.7 Å². The molecular formula is C17H16N2O5. The maximum Gasteiger partial charge on any atom is 0.339 e. The summed E-state index contributed by atoms with van der Waals surface area (Å²) in [6, 6.07) is 8.71. The van der Waals surface area contributed by atoms with Crippen LogP contribution in [0.25, 0.3) is 11.1 Å². The lowest BCUT2D eigenvalue weighted by atomic mass is 10.0. The molecule has 0 bridgehead atoms. The zero-order valence-corrected chi connectivity index (χ0v) is 13.2. The number of ether oxygens (including phenoxy) is 1. The number of phenols is 1. The molecule has 1 aromatic heterocycles. The molecule has 0 spiro atoms. The number of aromatic carboxylic acids is 1. The molecule has 0 saturated heterocycles. The number of carboxylic acids is 1. The highest BCUT2D eigenvalue weighted by Gasteiger charge is 2.21. The van der Waals surface area contributed by atoms with Gasteiger partial charge in [-0.05, 0) is 24.1 Å². The number of hydrogen-bond donors (Lipinski definition) is 3. The van der Waals surface area contributed by atoms with Crippen molar-refractivity contribution >= 4 is 28.8 Å². The number of anilines is 2. The number of methoxy groups -OCH3 is 1. The molecular weight excluding hydrogens is 312 g/mol. The summed E-state index contributed by atoms with van der Waals surface area (Å²) in [7, 11) is 1.55. The summed E-state index contributed by atoms with van der Waals surface area (Å²) in [4.78, 5) is 15.7. The molecule has 7 heteroatoms. The van der Waals surface area contributed by atoms with Crippen molar-refractivity contribution in [3.05, 3.63) is 41.5 Å². The van der Waals surface area contributed by atoms with Crippen LogP contribution in [0.3, 0.4) is 0 Å². The fourth-order valence-corrected chi connectivity index (χ4v) is 2.61. The van der Waals surface area contributed by atoms with E-state index < -0.39 is 5.97 Å². The van der Waals surface area contributed by atoms with Crippen LogP contribution in [0.2, 0.25) is 0 Å². The third kappa shape index (κ3) is 2.60. The number of para-hydroxylation sites is 2. The lowest BCUT2D eigenvalue weighted by molar-refractivity contribution is 0.0692. The van der Waals surface area contributed by atoms with Crippen LogP contribution >= 0.6 is 0 Å². The van der Waals surface area contributed by atoms with Crippen LogP contribution in [-0.2, 0) is 6.42 Å². The molecule has 3 N–H and O–H groups in total. The molecule has 0 amide bonds. The summed E-state index contributed by atoms with van der Waals surface area (Å²) in [5.41, 5.74) is 1.65. The topological polar surface area (TPSA) is 105 Å². The first kappa shape index (κ1) is 15.7. The Morgan fingerprint density at radius 2 is 2.12 bits per heavy atom. The third-order valence-electron chi connectivity index (χ3n) is 3.68. The number of aromatic hydroxyl groups is 1. The summed E-state index contributed by atoms with van der Waals surface area (Å²) in [5.74, 6) is -0.926. The number of nitrogens with zero attached hydrogens (tertiary/aromatic N) is 1. The normalized spacial score (nSPS) is 10.8. The predicted octanol–water partition coefficient (Wildman–Crippen LogP) is 3.55. The van der Waals surface area contributed by atoms with Gasteiger partial charge in [-0.25, -0.2) is 4.79 Å². The van der Waals surface area contributed by atoms with Crippen molar-refractivity contribution in [2.24, 2.45) is 0 Å². The van der Waals surface area contributed by atoms with Gasteiger partial charge in [0.05, 0.1) is 12.8 Å². The van der Waals surface area contributed by atoms with Gasteiger partial charge in [0.2, 0.25) is 0 Å². The number of oxazole rings is 1. The van der Waals surface area contributed by atoms with Gasteiger partial charge in [-0.15, -0.1) is 0 Å². The highest BCUT2D eigenvalue weighted by Crippen LogP contribution is 2.34. The van der Waals surface area contributed by atoms with E-state index in [9.17, 15) is 15.0 Å². The van der Waals surface area contributed by atoms with Gasteiger partial charge in [0.15, 0.2) is 5.58 Å². The Hall–Kier alpha value is -3.22. The van der Waals surface area contributed by atoms with Crippen molar-refractivity contribution in [2.75, 3.05) is 12.4 Å². The maximum absolute atomic E-state index is 11.4. The molecule has 2 aromatic carbocycles. The number of carboxylic acid groups (broad SMARTS) is 1. The van der Waals surface area contributed by atoms with Crippen molar-refractivity contribution in [1.82, 2.24) is 4.98 Å². The molecule has 3 aromatic rings. The Kier molecular flexibility index (Phi) is 3.99. The van der Waals surface area contributed by atoms with E-state index in [-0.39, 0.29) is 17.3 Å². The highest BCUT2D eigenvalue weighted by molar-refractivity contribution is 5.98. The van der Waals surface area contributed by atoms with Gasteiger partial charge in [-0.1, -0.05) is 19.1 Å². The van der Waals surface area contributed by atoms with Crippen molar-refractivity contribution in [3.63, 3.8) is 0 Å². The monoisotopic (exact) mass is 328 g/mol. The molecule has 1 heterocycles. The van der Waals surface area contributed by atoms with Gasteiger partial charge in [-0.2, -0.15) is 4.98 Å². The van der Waals surface area contributed by atoms with Gasteiger partial charge < -0.3 is 24.7 Å². The second-order valence-electron chi connectivity index (χ2n) is 5.10. The lowest BCUT2D eigenvalue weighted by Gasteiger charge is -2.07. The summed E-state index contributed by atoms with van der Waals surface area (Å²) >= 11 is 0. The average molecular weight is 328 g/mol. The number of benzene rings is 2. The minimum absolute atomic E-state index is 0.151. The number of carbonyl (C=O) groups is 1. The van der Waals surface area contributed by atoms with Gasteiger partial charge in [0.25, 0.3) is 6.01 Å². The molecule has 0 saturated carbocycles. The number of aromatic nitrogens is 1. The SMILES string of the molecule is CCc1c(C(=O)O)c(O)cc2oc(Nc3ccccc3OC)nc12. The Labute approximate surface area is 137 Å². The van der Waals surface area contributed by atoms with E-state index in [1.807, 2.05) is 12.1 Å². The second-order valence-corrected chi connectivity index (χ2v) is 5.10. The average Bonchev–Trinajstić information content (AvgIpc) is 2.95. The molecule has 0 atom stereocenters. The Bertz CT molecular complexity index is 917. The number of fused-ring (bicyclic) bond motifs is 1. The minimum atomic E-state index is -1.20. The van der Waals surface area contributed by atoms with Crippen LogP contribution in [0.5, 0.6) is 11.5 Å². The molecule has 0 aliphatic rings. The van der Waals surface area contributed by atoms with E-state index in [1.54, 1.807) is 26.2 Å². The first-order chi connectivity index (χ1) is 11.5. The van der Waals surface area contributed by atoms with E-state index in [0.29, 0.717) is 34.5 Å². The zero-order valence-electron chi connectivity index (χ0n) is 13.2. The first-order valence-corrected chi connectivity index (χ1v) is 7.33. The van der Waals surface area contributed by atoms with E-state index in [0.717, 1.165) is 0 Å². The van der Waals surface area contributed by atoms with Gasteiger partial charge in [-0.3, -0.25) is 0 Å². The summed E-state index contributed by atoms with van der Waals surface area (Å²) in [5, 5.41) is 22.3. The Balaban J connectivity index is 2.10. The van der Waals surface area contributed by atoms with Crippen LogP contribution in [0.1, 0.15) is 22.8 Å². The second kappa shape index (κ2) is 6.11. The van der Waals surface area contributed by atoms with Gasteiger partial charge >= 0.3 is 5.97 Å². The smallest absolute Gasteiger partial charge is 0.339 e. The number of nitrogens with one attached hydrogen (secondary N) is 1. The van der Waals surface area contributed by atoms with Crippen LogP contribution in [0.4, 0.5) is 11.7 Å². The van der Waals surface area contributed by atoms with E-state index in [4.69, 9.17) is 9.15 Å². The van der Waals surface area contributed by atoms with E-state index in [1.165, 1.54) is 6.07 Å². The van der Waals surface area contributed by atoms with Gasteiger partial charge in [0.1, 0.15) is 22.6 Å².